The summed E-state index contributed by atoms with van der Waals surface area (Å²) in [7, 11) is 0.288. The molecule has 0 nitrogen and oxygen atoms in total. The highest BCUT2D eigenvalue weighted by molar-refractivity contribution is 7.60. The zero-order valence-electron chi connectivity index (χ0n) is 17.5. The minimum absolute atomic E-state index is 0.288. The maximum Gasteiger partial charge on any atom is -0.0202 e. The second kappa shape index (κ2) is 10.1. The van der Waals surface area contributed by atoms with E-state index in [4.69, 9.17) is 0 Å². The molecule has 0 amide bonds. The molecule has 1 heteroatoms. The van der Waals surface area contributed by atoms with Gasteiger partial charge in [0.25, 0.3) is 0 Å². The van der Waals surface area contributed by atoms with Gasteiger partial charge >= 0.3 is 0 Å². The first-order valence-corrected chi connectivity index (χ1v) is 13.6. The van der Waals surface area contributed by atoms with E-state index in [1.807, 2.05) is 0 Å². The highest BCUT2D eigenvalue weighted by Gasteiger charge is 2.40. The molecule has 0 aliphatic heterocycles. The van der Waals surface area contributed by atoms with Crippen LogP contribution in [0.4, 0.5) is 0 Å². The maximum atomic E-state index is 2.46. The zero-order chi connectivity index (χ0) is 17.6. The summed E-state index contributed by atoms with van der Waals surface area (Å²) in [6.07, 6.45) is 23.3. The summed E-state index contributed by atoms with van der Waals surface area (Å²) >= 11 is 0. The minimum atomic E-state index is 0.288. The van der Waals surface area contributed by atoms with Crippen molar-refractivity contribution in [2.24, 2.45) is 17.8 Å². The monoisotopic (exact) mass is 364 g/mol. The standard InChI is InChI=1S/C24H45P/c1-4-19-10-7-13-22(16-19)25(23-14-8-11-20(5-2)17-23)24-15-9-12-21(6-3)18-24/h19-24H,4-18H2,1-3H3. The molecule has 0 aromatic carbocycles. The van der Waals surface area contributed by atoms with Gasteiger partial charge in [-0.15, -0.1) is 0 Å². The molecule has 0 aromatic heterocycles. The molecule has 3 saturated carbocycles. The van der Waals surface area contributed by atoms with Crippen LogP contribution in [0.2, 0.25) is 0 Å². The van der Waals surface area contributed by atoms with Crippen LogP contribution in [0, 0.1) is 17.8 Å². The Morgan fingerprint density at radius 2 is 0.840 bits per heavy atom. The largest absolute Gasteiger partial charge is 0.0971 e. The smallest absolute Gasteiger partial charge is 0.0202 e. The predicted octanol–water partition coefficient (Wildman–Crippen LogP) is 8.37. The van der Waals surface area contributed by atoms with Gasteiger partial charge in [0, 0.05) is 0 Å². The molecular formula is C24H45P. The van der Waals surface area contributed by atoms with Gasteiger partial charge in [0.2, 0.25) is 0 Å². The minimum Gasteiger partial charge on any atom is -0.0971 e. The van der Waals surface area contributed by atoms with E-state index in [0.29, 0.717) is 0 Å². The van der Waals surface area contributed by atoms with Crippen LogP contribution in [-0.2, 0) is 0 Å². The van der Waals surface area contributed by atoms with E-state index in [9.17, 15) is 0 Å². The Hall–Kier alpha value is 0.430. The van der Waals surface area contributed by atoms with E-state index in [0.717, 1.165) is 34.7 Å². The summed E-state index contributed by atoms with van der Waals surface area (Å²) in [5, 5.41) is 0. The summed E-state index contributed by atoms with van der Waals surface area (Å²) in [5.74, 6) is 3.21. The topological polar surface area (TPSA) is 0 Å². The molecule has 0 radical (unpaired) electrons. The van der Waals surface area contributed by atoms with Crippen molar-refractivity contribution >= 4 is 7.92 Å². The average Bonchev–Trinajstić information content (AvgIpc) is 2.68. The van der Waals surface area contributed by atoms with E-state index < -0.39 is 0 Å². The van der Waals surface area contributed by atoms with Gasteiger partial charge in [0.1, 0.15) is 0 Å². The van der Waals surface area contributed by atoms with Crippen LogP contribution in [0.1, 0.15) is 117 Å². The molecule has 0 aromatic rings. The van der Waals surface area contributed by atoms with Crippen molar-refractivity contribution in [1.29, 1.82) is 0 Å². The molecule has 0 spiro atoms. The number of hydrogen-bond donors (Lipinski definition) is 0. The lowest BCUT2D eigenvalue weighted by Gasteiger charge is -2.47. The van der Waals surface area contributed by atoms with Gasteiger partial charge in [0.05, 0.1) is 0 Å². The fourth-order valence-corrected chi connectivity index (χ4v) is 11.5. The summed E-state index contributed by atoms with van der Waals surface area (Å²) in [6, 6.07) is 0. The van der Waals surface area contributed by atoms with Gasteiger partial charge in [-0.1, -0.05) is 86.5 Å². The van der Waals surface area contributed by atoms with Crippen molar-refractivity contribution in [3.63, 3.8) is 0 Å². The van der Waals surface area contributed by atoms with Crippen LogP contribution in [0.3, 0.4) is 0 Å². The maximum absolute atomic E-state index is 2.46. The second-order valence-electron chi connectivity index (χ2n) is 9.73. The Balaban J connectivity index is 1.75. The average molecular weight is 365 g/mol. The number of hydrogen-bond acceptors (Lipinski definition) is 0. The molecule has 0 N–H and O–H groups in total. The second-order valence-corrected chi connectivity index (χ2v) is 12.8. The van der Waals surface area contributed by atoms with Gasteiger partial charge in [-0.3, -0.25) is 0 Å². The van der Waals surface area contributed by atoms with Crippen LogP contribution in [-0.4, -0.2) is 17.0 Å². The van der Waals surface area contributed by atoms with Gasteiger partial charge in [-0.25, -0.2) is 0 Å². The Kier molecular flexibility index (Phi) is 8.15. The molecule has 6 unspecified atom stereocenters. The normalized spacial score (nSPS) is 41.4. The molecule has 0 bridgehead atoms. The highest BCUT2D eigenvalue weighted by atomic mass is 31.1. The molecule has 6 atom stereocenters. The third-order valence-electron chi connectivity index (χ3n) is 8.26. The fraction of sp³-hybridized carbons (Fsp3) is 1.00. The van der Waals surface area contributed by atoms with Crippen molar-refractivity contribution in [3.05, 3.63) is 0 Å². The van der Waals surface area contributed by atoms with E-state index in [-0.39, 0.29) is 7.92 Å². The van der Waals surface area contributed by atoms with E-state index >= 15 is 0 Å². The SMILES string of the molecule is CCC1CCCC(P(C2CCCC(CC)C2)C2CCCC(CC)C2)C1. The predicted molar refractivity (Wildman–Crippen MR) is 115 cm³/mol. The van der Waals surface area contributed by atoms with Crippen LogP contribution in [0.15, 0.2) is 0 Å². The molecule has 0 heterocycles. The molecule has 146 valence electrons. The molecule has 3 fully saturated rings. The lowest BCUT2D eigenvalue weighted by atomic mass is 9.86. The van der Waals surface area contributed by atoms with Crippen LogP contribution in [0.5, 0.6) is 0 Å². The zero-order valence-corrected chi connectivity index (χ0v) is 18.4. The van der Waals surface area contributed by atoms with Gasteiger partial charge in [0.15, 0.2) is 0 Å². The van der Waals surface area contributed by atoms with Crippen molar-refractivity contribution < 1.29 is 0 Å². The first-order valence-electron chi connectivity index (χ1n) is 12.0. The first-order chi connectivity index (χ1) is 12.2. The van der Waals surface area contributed by atoms with Crippen molar-refractivity contribution in [2.45, 2.75) is 134 Å². The van der Waals surface area contributed by atoms with Crippen LogP contribution < -0.4 is 0 Å². The summed E-state index contributed by atoms with van der Waals surface area (Å²) in [4.78, 5) is 0. The molecule has 3 aliphatic rings. The molecule has 25 heavy (non-hydrogen) atoms. The van der Waals surface area contributed by atoms with E-state index in [2.05, 4.69) is 20.8 Å². The Morgan fingerprint density at radius 3 is 1.12 bits per heavy atom. The Labute approximate surface area is 160 Å². The summed E-state index contributed by atoms with van der Waals surface area (Å²) < 4.78 is 0. The third-order valence-corrected chi connectivity index (χ3v) is 12.2. The third kappa shape index (κ3) is 5.24. The molecule has 3 rings (SSSR count). The van der Waals surface area contributed by atoms with Crippen molar-refractivity contribution in [1.82, 2.24) is 0 Å². The lowest BCUT2D eigenvalue weighted by Crippen LogP contribution is -2.32. The summed E-state index contributed by atoms with van der Waals surface area (Å²) in [5.41, 5.74) is 3.44. The van der Waals surface area contributed by atoms with E-state index in [1.165, 1.54) is 19.3 Å². The molecule has 3 aliphatic carbocycles. The van der Waals surface area contributed by atoms with Crippen molar-refractivity contribution in [2.75, 3.05) is 0 Å². The van der Waals surface area contributed by atoms with Crippen LogP contribution >= 0.6 is 7.92 Å². The van der Waals surface area contributed by atoms with Crippen LogP contribution in [0.25, 0.3) is 0 Å². The quantitative estimate of drug-likeness (QED) is 0.415. The summed E-state index contributed by atoms with van der Waals surface area (Å²) in [6.45, 7) is 7.37. The fourth-order valence-electron chi connectivity index (χ4n) is 6.61. The Bertz CT molecular complexity index is 321. The Morgan fingerprint density at radius 1 is 0.520 bits per heavy atom. The lowest BCUT2D eigenvalue weighted by molar-refractivity contribution is 0.323. The number of rotatable bonds is 6. The van der Waals surface area contributed by atoms with Gasteiger partial charge in [-0.2, -0.15) is 0 Å². The van der Waals surface area contributed by atoms with Gasteiger partial charge < -0.3 is 0 Å². The van der Waals surface area contributed by atoms with E-state index in [1.54, 1.807) is 77.0 Å². The van der Waals surface area contributed by atoms with Crippen molar-refractivity contribution in [3.8, 4) is 0 Å². The van der Waals surface area contributed by atoms with Gasteiger partial charge in [-0.05, 0) is 73.3 Å². The highest BCUT2D eigenvalue weighted by Crippen LogP contribution is 2.63. The molecular weight excluding hydrogens is 319 g/mol. The molecule has 0 saturated heterocycles. The first kappa shape index (κ1) is 20.2.